The predicted octanol–water partition coefficient (Wildman–Crippen LogP) is 4.35. The lowest BCUT2D eigenvalue weighted by molar-refractivity contribution is 0.969. The summed E-state index contributed by atoms with van der Waals surface area (Å²) in [6, 6.07) is 19.0. The molecular weight excluding hydrogens is 218 g/mol. The van der Waals surface area contributed by atoms with Gasteiger partial charge in [0.1, 0.15) is 0 Å². The van der Waals surface area contributed by atoms with Gasteiger partial charge in [-0.15, -0.1) is 0 Å². The lowest BCUT2D eigenvalue weighted by Crippen LogP contribution is -1.83. The van der Waals surface area contributed by atoms with E-state index in [0.717, 1.165) is 0 Å². The molecule has 0 amide bonds. The summed E-state index contributed by atoms with van der Waals surface area (Å²) >= 11 is 0. The van der Waals surface area contributed by atoms with Crippen LogP contribution in [0.3, 0.4) is 0 Å². The maximum absolute atomic E-state index is 2.22. The number of nitrogens with zero attached hydrogens (tertiary/aromatic N) is 1. The van der Waals surface area contributed by atoms with E-state index in [9.17, 15) is 0 Å². The van der Waals surface area contributed by atoms with E-state index < -0.39 is 0 Å². The minimum atomic E-state index is 1.23. The average Bonchev–Trinajstić information content (AvgIpc) is 2.79. The maximum atomic E-state index is 2.22. The van der Waals surface area contributed by atoms with Crippen molar-refractivity contribution in [1.29, 1.82) is 0 Å². The van der Waals surface area contributed by atoms with Crippen molar-refractivity contribution in [3.63, 3.8) is 0 Å². The summed E-state index contributed by atoms with van der Waals surface area (Å²) in [7, 11) is 2.07. The molecular formula is C17H15N. The highest BCUT2D eigenvalue weighted by Gasteiger charge is 1.97. The minimum Gasteiger partial charge on any atom is -0.351 e. The third-order valence-corrected chi connectivity index (χ3v) is 3.18. The summed E-state index contributed by atoms with van der Waals surface area (Å²) in [6.45, 7) is 0. The van der Waals surface area contributed by atoms with Gasteiger partial charge in [-0.3, -0.25) is 0 Å². The van der Waals surface area contributed by atoms with E-state index in [1.165, 1.54) is 22.0 Å². The normalized spacial score (nSPS) is 11.4. The van der Waals surface area contributed by atoms with Gasteiger partial charge in [-0.05, 0) is 29.3 Å². The van der Waals surface area contributed by atoms with Crippen LogP contribution in [0.1, 0.15) is 11.1 Å². The molecule has 0 saturated heterocycles. The van der Waals surface area contributed by atoms with Gasteiger partial charge in [0.15, 0.2) is 0 Å². The Morgan fingerprint density at radius 2 is 1.61 bits per heavy atom. The third kappa shape index (κ3) is 2.07. The first-order valence-corrected chi connectivity index (χ1v) is 6.11. The summed E-state index contributed by atoms with van der Waals surface area (Å²) in [5.41, 5.74) is 3.73. The van der Waals surface area contributed by atoms with E-state index in [0.29, 0.717) is 0 Å². The zero-order valence-corrected chi connectivity index (χ0v) is 10.4. The Balaban J connectivity index is 1.93. The lowest BCUT2D eigenvalue weighted by Gasteiger charge is -1.98. The average molecular weight is 233 g/mol. The molecule has 0 bridgehead atoms. The number of aryl methyl sites for hydroxylation is 1. The molecule has 3 aromatic rings. The van der Waals surface area contributed by atoms with E-state index in [-0.39, 0.29) is 0 Å². The van der Waals surface area contributed by atoms with Gasteiger partial charge in [-0.1, -0.05) is 48.6 Å². The molecule has 0 N–H and O–H groups in total. The molecule has 0 aliphatic rings. The van der Waals surface area contributed by atoms with Crippen molar-refractivity contribution in [2.75, 3.05) is 0 Å². The molecule has 0 unspecified atom stereocenters. The highest BCUT2D eigenvalue weighted by molar-refractivity contribution is 5.84. The maximum Gasteiger partial charge on any atom is 0.0478 e. The largest absolute Gasteiger partial charge is 0.351 e. The fourth-order valence-electron chi connectivity index (χ4n) is 2.16. The van der Waals surface area contributed by atoms with E-state index in [2.05, 4.69) is 78.5 Å². The number of hydrogen-bond donors (Lipinski definition) is 0. The second-order valence-electron chi connectivity index (χ2n) is 4.49. The van der Waals surface area contributed by atoms with Gasteiger partial charge in [0.2, 0.25) is 0 Å². The van der Waals surface area contributed by atoms with Crippen LogP contribution in [0.15, 0.2) is 60.8 Å². The van der Waals surface area contributed by atoms with Crippen molar-refractivity contribution in [1.82, 2.24) is 4.57 Å². The van der Waals surface area contributed by atoms with Crippen molar-refractivity contribution in [2.45, 2.75) is 0 Å². The standard InChI is InChI=1S/C17H15N/c1-18-12-11-16-13-15(9-10-17(16)18)8-7-14-5-3-2-4-6-14/h2-13H,1H3/b8-7+. The number of aromatic nitrogens is 1. The first-order chi connectivity index (χ1) is 8.83. The number of rotatable bonds is 2. The summed E-state index contributed by atoms with van der Waals surface area (Å²) < 4.78 is 2.14. The van der Waals surface area contributed by atoms with Crippen LogP contribution in [0.5, 0.6) is 0 Å². The fourth-order valence-corrected chi connectivity index (χ4v) is 2.16. The highest BCUT2D eigenvalue weighted by Crippen LogP contribution is 2.18. The molecule has 0 saturated carbocycles. The molecule has 0 aliphatic heterocycles. The predicted molar refractivity (Wildman–Crippen MR) is 78.3 cm³/mol. The summed E-state index contributed by atoms with van der Waals surface area (Å²) in [4.78, 5) is 0. The first kappa shape index (κ1) is 10.8. The molecule has 1 heterocycles. The van der Waals surface area contributed by atoms with Crippen LogP contribution in [0.4, 0.5) is 0 Å². The molecule has 1 heteroatoms. The zero-order valence-electron chi connectivity index (χ0n) is 10.4. The van der Waals surface area contributed by atoms with E-state index >= 15 is 0 Å². The Labute approximate surface area is 107 Å². The molecule has 0 fully saturated rings. The quantitative estimate of drug-likeness (QED) is 0.580. The summed E-state index contributed by atoms with van der Waals surface area (Å²) in [5, 5.41) is 1.28. The Morgan fingerprint density at radius 1 is 0.833 bits per heavy atom. The fraction of sp³-hybridized carbons (Fsp3) is 0.0588. The molecule has 18 heavy (non-hydrogen) atoms. The van der Waals surface area contributed by atoms with Crippen LogP contribution in [-0.2, 0) is 7.05 Å². The lowest BCUT2D eigenvalue weighted by atomic mass is 10.1. The van der Waals surface area contributed by atoms with Crippen LogP contribution >= 0.6 is 0 Å². The van der Waals surface area contributed by atoms with Gasteiger partial charge in [0.25, 0.3) is 0 Å². The second kappa shape index (κ2) is 4.53. The molecule has 88 valence electrons. The van der Waals surface area contributed by atoms with Crippen LogP contribution in [0.25, 0.3) is 23.1 Å². The van der Waals surface area contributed by atoms with Crippen molar-refractivity contribution in [2.24, 2.45) is 7.05 Å². The monoisotopic (exact) mass is 233 g/mol. The SMILES string of the molecule is Cn1ccc2cc(/C=C/c3ccccc3)ccc21. The van der Waals surface area contributed by atoms with Crippen LogP contribution in [0.2, 0.25) is 0 Å². The van der Waals surface area contributed by atoms with Crippen molar-refractivity contribution in [3.8, 4) is 0 Å². The third-order valence-electron chi connectivity index (χ3n) is 3.18. The molecule has 0 aliphatic carbocycles. The molecule has 1 aromatic heterocycles. The van der Waals surface area contributed by atoms with Gasteiger partial charge >= 0.3 is 0 Å². The van der Waals surface area contributed by atoms with Crippen LogP contribution in [0, 0.1) is 0 Å². The van der Waals surface area contributed by atoms with E-state index in [1.54, 1.807) is 0 Å². The Bertz CT molecular complexity index is 690. The summed E-state index contributed by atoms with van der Waals surface area (Å²) in [6.07, 6.45) is 6.39. The molecule has 0 spiro atoms. The smallest absolute Gasteiger partial charge is 0.0478 e. The van der Waals surface area contributed by atoms with Gasteiger partial charge in [0.05, 0.1) is 0 Å². The van der Waals surface area contributed by atoms with Gasteiger partial charge in [0, 0.05) is 24.1 Å². The van der Waals surface area contributed by atoms with Crippen LogP contribution < -0.4 is 0 Å². The van der Waals surface area contributed by atoms with Crippen LogP contribution in [-0.4, -0.2) is 4.57 Å². The van der Waals surface area contributed by atoms with E-state index in [1.807, 2.05) is 6.07 Å². The van der Waals surface area contributed by atoms with Gasteiger partial charge in [-0.2, -0.15) is 0 Å². The van der Waals surface area contributed by atoms with Gasteiger partial charge < -0.3 is 4.57 Å². The van der Waals surface area contributed by atoms with E-state index in [4.69, 9.17) is 0 Å². The number of benzene rings is 2. The number of fused-ring (bicyclic) bond motifs is 1. The minimum absolute atomic E-state index is 1.23. The molecule has 2 aromatic carbocycles. The topological polar surface area (TPSA) is 4.93 Å². The summed E-state index contributed by atoms with van der Waals surface area (Å²) in [5.74, 6) is 0. The number of hydrogen-bond acceptors (Lipinski definition) is 0. The van der Waals surface area contributed by atoms with Crippen molar-refractivity contribution < 1.29 is 0 Å². The molecule has 0 atom stereocenters. The Kier molecular flexibility index (Phi) is 2.73. The first-order valence-electron chi connectivity index (χ1n) is 6.11. The van der Waals surface area contributed by atoms with Gasteiger partial charge in [-0.25, -0.2) is 0 Å². The highest BCUT2D eigenvalue weighted by atomic mass is 14.9. The zero-order chi connectivity index (χ0) is 12.4. The Morgan fingerprint density at radius 3 is 2.44 bits per heavy atom. The molecule has 3 rings (SSSR count). The van der Waals surface area contributed by atoms with Crippen molar-refractivity contribution in [3.05, 3.63) is 71.9 Å². The Hall–Kier alpha value is -2.28. The second-order valence-corrected chi connectivity index (χ2v) is 4.49. The molecule has 1 nitrogen and oxygen atoms in total. The van der Waals surface area contributed by atoms with Crippen molar-refractivity contribution >= 4 is 23.1 Å². The molecule has 0 radical (unpaired) electrons.